The second-order valence-electron chi connectivity index (χ2n) is 4.82. The summed E-state index contributed by atoms with van der Waals surface area (Å²) < 4.78 is 5.17. The molecule has 3 aromatic rings. The normalized spacial score (nSPS) is 10.3. The maximum atomic E-state index is 12.1. The summed E-state index contributed by atoms with van der Waals surface area (Å²) in [6, 6.07) is 14.4. The van der Waals surface area contributed by atoms with Crippen molar-refractivity contribution in [3.8, 4) is 0 Å². The summed E-state index contributed by atoms with van der Waals surface area (Å²) in [5.74, 6) is 0.426. The molecule has 0 bridgehead atoms. The van der Waals surface area contributed by atoms with Gasteiger partial charge in [-0.25, -0.2) is 0 Å². The number of halogens is 1. The highest BCUT2D eigenvalue weighted by atomic mass is 35.5. The maximum absolute atomic E-state index is 12.1. The molecule has 5 nitrogen and oxygen atoms in total. The molecule has 0 spiro atoms. The molecule has 2 heterocycles. The van der Waals surface area contributed by atoms with Gasteiger partial charge in [-0.1, -0.05) is 11.6 Å². The highest BCUT2D eigenvalue weighted by Crippen LogP contribution is 2.19. The third kappa shape index (κ3) is 4.11. The summed E-state index contributed by atoms with van der Waals surface area (Å²) >= 11 is 5.86. The first-order valence-electron chi connectivity index (χ1n) is 7.00. The number of rotatable bonds is 5. The minimum absolute atomic E-state index is 0.263. The minimum atomic E-state index is -0.263. The van der Waals surface area contributed by atoms with E-state index in [1.54, 1.807) is 48.9 Å². The molecule has 1 aromatic carbocycles. The Morgan fingerprint density at radius 2 is 1.96 bits per heavy atom. The van der Waals surface area contributed by atoms with Crippen molar-refractivity contribution >= 4 is 28.9 Å². The van der Waals surface area contributed by atoms with E-state index in [1.807, 2.05) is 12.1 Å². The summed E-state index contributed by atoms with van der Waals surface area (Å²) in [6.45, 7) is 0.322. The molecule has 0 atom stereocenters. The minimum Gasteiger partial charge on any atom is -0.467 e. The molecule has 0 radical (unpaired) electrons. The van der Waals surface area contributed by atoms with E-state index in [9.17, 15) is 4.79 Å². The number of carbonyl (C=O) groups excluding carboxylic acids is 1. The second kappa shape index (κ2) is 6.98. The largest absolute Gasteiger partial charge is 0.467 e. The van der Waals surface area contributed by atoms with E-state index >= 15 is 0 Å². The van der Waals surface area contributed by atoms with Gasteiger partial charge < -0.3 is 15.1 Å². The average molecular weight is 328 g/mol. The zero-order chi connectivity index (χ0) is 16.1. The molecule has 0 saturated heterocycles. The number of pyridine rings is 1. The lowest BCUT2D eigenvalue weighted by Gasteiger charge is -2.08. The monoisotopic (exact) mass is 327 g/mol. The van der Waals surface area contributed by atoms with Gasteiger partial charge >= 0.3 is 0 Å². The molecule has 116 valence electrons. The Morgan fingerprint density at radius 1 is 1.13 bits per heavy atom. The fourth-order valence-electron chi connectivity index (χ4n) is 2.00. The number of carbonyl (C=O) groups is 1. The van der Waals surface area contributed by atoms with Crippen LogP contribution in [0, 0.1) is 0 Å². The predicted molar refractivity (Wildman–Crippen MR) is 88.8 cm³/mol. The first-order valence-corrected chi connectivity index (χ1v) is 7.38. The van der Waals surface area contributed by atoms with E-state index in [1.165, 1.54) is 0 Å². The number of hydrogen-bond donors (Lipinski definition) is 2. The number of anilines is 2. The van der Waals surface area contributed by atoms with Crippen LogP contribution in [0.2, 0.25) is 5.02 Å². The zero-order valence-corrected chi connectivity index (χ0v) is 12.9. The summed E-state index contributed by atoms with van der Waals surface area (Å²) in [5, 5.41) is 6.63. The van der Waals surface area contributed by atoms with Crippen molar-refractivity contribution in [2.45, 2.75) is 6.54 Å². The lowest BCUT2D eigenvalue weighted by molar-refractivity contribution is 0.0943. The molecule has 2 N–H and O–H groups in total. The van der Waals surface area contributed by atoms with Crippen LogP contribution in [0.1, 0.15) is 16.2 Å². The number of amides is 1. The van der Waals surface area contributed by atoms with Crippen LogP contribution in [-0.4, -0.2) is 10.9 Å². The first kappa shape index (κ1) is 15.1. The molecule has 23 heavy (non-hydrogen) atoms. The number of benzene rings is 1. The summed E-state index contributed by atoms with van der Waals surface area (Å²) in [7, 11) is 0. The molecule has 3 rings (SSSR count). The molecule has 0 unspecified atom stereocenters. The second-order valence-corrected chi connectivity index (χ2v) is 5.26. The van der Waals surface area contributed by atoms with Crippen LogP contribution in [0.15, 0.2) is 65.4 Å². The van der Waals surface area contributed by atoms with Crippen LogP contribution in [0.5, 0.6) is 0 Å². The van der Waals surface area contributed by atoms with Crippen LogP contribution in [0.3, 0.4) is 0 Å². The van der Waals surface area contributed by atoms with Gasteiger partial charge in [-0.3, -0.25) is 9.78 Å². The number of nitrogens with zero attached hydrogens (tertiary/aromatic N) is 1. The van der Waals surface area contributed by atoms with E-state index in [0.29, 0.717) is 23.0 Å². The van der Waals surface area contributed by atoms with Crippen LogP contribution >= 0.6 is 11.6 Å². The SMILES string of the molecule is O=C(NCc1ccco1)c1cc(Nc2ccc(Cl)cc2)ccn1. The van der Waals surface area contributed by atoms with E-state index in [0.717, 1.165) is 11.4 Å². The van der Waals surface area contributed by atoms with Gasteiger partial charge in [0.2, 0.25) is 0 Å². The van der Waals surface area contributed by atoms with E-state index < -0.39 is 0 Å². The van der Waals surface area contributed by atoms with Crippen LogP contribution in [-0.2, 0) is 6.54 Å². The molecule has 0 aliphatic heterocycles. The molecule has 0 fully saturated rings. The lowest BCUT2D eigenvalue weighted by Crippen LogP contribution is -2.23. The number of aromatic nitrogens is 1. The van der Waals surface area contributed by atoms with Crippen molar-refractivity contribution in [2.75, 3.05) is 5.32 Å². The smallest absolute Gasteiger partial charge is 0.270 e. The standard InChI is InChI=1S/C17H14ClN3O2/c18-12-3-5-13(6-4-12)21-14-7-8-19-16(10-14)17(22)20-11-15-2-1-9-23-15/h1-10H,11H2,(H,19,21)(H,20,22). The topological polar surface area (TPSA) is 67.2 Å². The molecule has 0 aliphatic carbocycles. The van der Waals surface area contributed by atoms with Gasteiger partial charge in [-0.15, -0.1) is 0 Å². The quantitative estimate of drug-likeness (QED) is 0.743. The third-order valence-electron chi connectivity index (χ3n) is 3.13. The lowest BCUT2D eigenvalue weighted by atomic mass is 10.2. The average Bonchev–Trinajstić information content (AvgIpc) is 3.08. The molecule has 2 aromatic heterocycles. The number of furan rings is 1. The fraction of sp³-hybridized carbons (Fsp3) is 0.0588. The third-order valence-corrected chi connectivity index (χ3v) is 3.38. The molecular weight excluding hydrogens is 314 g/mol. The molecular formula is C17H14ClN3O2. The van der Waals surface area contributed by atoms with Crippen molar-refractivity contribution < 1.29 is 9.21 Å². The van der Waals surface area contributed by atoms with Crippen molar-refractivity contribution in [2.24, 2.45) is 0 Å². The van der Waals surface area contributed by atoms with Gasteiger partial charge in [0.1, 0.15) is 11.5 Å². The Labute approximate surface area is 138 Å². The van der Waals surface area contributed by atoms with Crippen LogP contribution < -0.4 is 10.6 Å². The van der Waals surface area contributed by atoms with E-state index in [-0.39, 0.29) is 5.91 Å². The van der Waals surface area contributed by atoms with E-state index in [4.69, 9.17) is 16.0 Å². The van der Waals surface area contributed by atoms with Gasteiger partial charge in [0.05, 0.1) is 12.8 Å². The first-order chi connectivity index (χ1) is 11.2. The van der Waals surface area contributed by atoms with Crippen molar-refractivity contribution in [1.29, 1.82) is 0 Å². The Kier molecular flexibility index (Phi) is 4.59. The molecule has 6 heteroatoms. The Morgan fingerprint density at radius 3 is 2.70 bits per heavy atom. The molecule has 0 aliphatic rings. The summed E-state index contributed by atoms with van der Waals surface area (Å²) in [5.41, 5.74) is 1.98. The zero-order valence-electron chi connectivity index (χ0n) is 12.1. The maximum Gasteiger partial charge on any atom is 0.270 e. The van der Waals surface area contributed by atoms with Gasteiger partial charge in [-0.2, -0.15) is 0 Å². The summed E-state index contributed by atoms with van der Waals surface area (Å²) in [4.78, 5) is 16.2. The Bertz CT molecular complexity index is 786. The summed E-state index contributed by atoms with van der Waals surface area (Å²) in [6.07, 6.45) is 3.15. The fourth-order valence-corrected chi connectivity index (χ4v) is 2.13. The van der Waals surface area contributed by atoms with Gasteiger partial charge in [0.25, 0.3) is 5.91 Å². The number of nitrogens with one attached hydrogen (secondary N) is 2. The highest BCUT2D eigenvalue weighted by molar-refractivity contribution is 6.30. The van der Waals surface area contributed by atoms with Gasteiger partial charge in [0.15, 0.2) is 0 Å². The predicted octanol–water partition coefficient (Wildman–Crippen LogP) is 4.00. The van der Waals surface area contributed by atoms with Crippen LogP contribution in [0.25, 0.3) is 0 Å². The highest BCUT2D eigenvalue weighted by Gasteiger charge is 2.08. The van der Waals surface area contributed by atoms with Gasteiger partial charge in [-0.05, 0) is 48.5 Å². The van der Waals surface area contributed by atoms with Crippen molar-refractivity contribution in [1.82, 2.24) is 10.3 Å². The van der Waals surface area contributed by atoms with Crippen molar-refractivity contribution in [3.05, 3.63) is 77.5 Å². The Balaban J connectivity index is 1.66. The van der Waals surface area contributed by atoms with E-state index in [2.05, 4.69) is 15.6 Å². The molecule has 1 amide bonds. The van der Waals surface area contributed by atoms with Crippen molar-refractivity contribution in [3.63, 3.8) is 0 Å². The number of hydrogen-bond acceptors (Lipinski definition) is 4. The Hall–Kier alpha value is -2.79. The van der Waals surface area contributed by atoms with Crippen LogP contribution in [0.4, 0.5) is 11.4 Å². The molecule has 0 saturated carbocycles. The van der Waals surface area contributed by atoms with Gasteiger partial charge in [0, 0.05) is 22.6 Å².